The van der Waals surface area contributed by atoms with E-state index in [0.717, 1.165) is 30.7 Å². The van der Waals surface area contributed by atoms with Crippen molar-refractivity contribution in [3.05, 3.63) is 0 Å². The molecule has 4 nitrogen and oxygen atoms in total. The molecule has 126 valence electrons. The fourth-order valence-electron chi connectivity index (χ4n) is 3.10. The number of halogens is 1. The Morgan fingerprint density at radius 1 is 1.38 bits per heavy atom. The molecule has 0 aromatic carbocycles. The zero-order valence-electron chi connectivity index (χ0n) is 14.2. The Balaban J connectivity index is 0.00000400. The molecule has 1 aliphatic rings. The standard InChI is InChI=1S/C15H32N4S.HI/c1-13-7-6-8-15(11-13,19(3)4)12-18-14(16-2)17-9-10-20-5;/h13H,6-12H2,1-5H3,(H2,16,17,18);1H. The van der Waals surface area contributed by atoms with Crippen LogP contribution >= 0.6 is 35.7 Å². The van der Waals surface area contributed by atoms with Gasteiger partial charge < -0.3 is 15.5 Å². The van der Waals surface area contributed by atoms with Crippen LogP contribution in [0.3, 0.4) is 0 Å². The minimum absolute atomic E-state index is 0. The molecule has 0 aromatic heterocycles. The summed E-state index contributed by atoms with van der Waals surface area (Å²) >= 11 is 1.85. The summed E-state index contributed by atoms with van der Waals surface area (Å²) in [5.41, 5.74) is 0.273. The van der Waals surface area contributed by atoms with Gasteiger partial charge in [0.1, 0.15) is 0 Å². The third kappa shape index (κ3) is 6.95. The average Bonchev–Trinajstić information content (AvgIpc) is 2.42. The first-order valence-electron chi connectivity index (χ1n) is 7.65. The van der Waals surface area contributed by atoms with Crippen LogP contribution in [-0.2, 0) is 0 Å². The van der Waals surface area contributed by atoms with E-state index in [2.05, 4.69) is 47.8 Å². The lowest BCUT2D eigenvalue weighted by atomic mass is 9.75. The molecule has 0 amide bonds. The van der Waals surface area contributed by atoms with Gasteiger partial charge in [0.15, 0.2) is 5.96 Å². The smallest absolute Gasteiger partial charge is 0.191 e. The first-order chi connectivity index (χ1) is 9.54. The third-order valence-corrected chi connectivity index (χ3v) is 5.04. The summed E-state index contributed by atoms with van der Waals surface area (Å²) in [4.78, 5) is 6.73. The fourth-order valence-corrected chi connectivity index (χ4v) is 3.40. The van der Waals surface area contributed by atoms with Gasteiger partial charge in [0.05, 0.1) is 0 Å². The lowest BCUT2D eigenvalue weighted by Crippen LogP contribution is -2.56. The summed E-state index contributed by atoms with van der Waals surface area (Å²) in [7, 11) is 6.27. The molecule has 21 heavy (non-hydrogen) atoms. The number of likely N-dealkylation sites (N-methyl/N-ethyl adjacent to an activating group) is 1. The first kappa shape index (κ1) is 21.3. The van der Waals surface area contributed by atoms with Crippen molar-refractivity contribution >= 4 is 41.7 Å². The van der Waals surface area contributed by atoms with Gasteiger partial charge in [0, 0.05) is 31.4 Å². The predicted octanol–water partition coefficient (Wildman–Crippen LogP) is 2.64. The molecule has 1 fully saturated rings. The number of hydrogen-bond donors (Lipinski definition) is 2. The first-order valence-corrected chi connectivity index (χ1v) is 9.04. The van der Waals surface area contributed by atoms with Crippen molar-refractivity contribution in [2.24, 2.45) is 10.9 Å². The van der Waals surface area contributed by atoms with Crippen molar-refractivity contribution in [2.45, 2.75) is 38.1 Å². The fraction of sp³-hybridized carbons (Fsp3) is 0.933. The highest BCUT2D eigenvalue weighted by molar-refractivity contribution is 14.0. The van der Waals surface area contributed by atoms with E-state index >= 15 is 0 Å². The Bertz CT molecular complexity index is 312. The summed E-state index contributed by atoms with van der Waals surface area (Å²) in [5, 5.41) is 6.91. The van der Waals surface area contributed by atoms with Crippen LogP contribution in [-0.4, -0.2) is 62.6 Å². The van der Waals surface area contributed by atoms with Crippen molar-refractivity contribution in [3.8, 4) is 0 Å². The molecule has 0 spiro atoms. The highest BCUT2D eigenvalue weighted by Crippen LogP contribution is 2.35. The van der Waals surface area contributed by atoms with Crippen molar-refractivity contribution in [1.82, 2.24) is 15.5 Å². The molecule has 1 saturated carbocycles. The molecule has 2 atom stereocenters. The maximum atomic E-state index is 4.32. The summed E-state index contributed by atoms with van der Waals surface area (Å²) in [6.45, 7) is 4.32. The number of thioether (sulfide) groups is 1. The molecule has 0 aliphatic heterocycles. The zero-order valence-corrected chi connectivity index (χ0v) is 17.4. The second-order valence-electron chi connectivity index (χ2n) is 6.17. The summed E-state index contributed by atoms with van der Waals surface area (Å²) < 4.78 is 0. The molecular formula is C15H33IN4S. The minimum atomic E-state index is 0. The number of nitrogens with zero attached hydrogens (tertiary/aromatic N) is 2. The van der Waals surface area contributed by atoms with Crippen LogP contribution in [0, 0.1) is 5.92 Å². The molecule has 2 unspecified atom stereocenters. The van der Waals surface area contributed by atoms with Gasteiger partial charge in [-0.2, -0.15) is 11.8 Å². The zero-order chi connectivity index (χ0) is 15.0. The summed E-state index contributed by atoms with van der Waals surface area (Å²) in [6.07, 6.45) is 7.38. The van der Waals surface area contributed by atoms with Gasteiger partial charge in [-0.05, 0) is 39.1 Å². The molecule has 1 rings (SSSR count). The van der Waals surface area contributed by atoms with E-state index in [-0.39, 0.29) is 29.5 Å². The Morgan fingerprint density at radius 2 is 2.10 bits per heavy atom. The minimum Gasteiger partial charge on any atom is -0.356 e. The summed E-state index contributed by atoms with van der Waals surface area (Å²) in [6, 6.07) is 0. The second kappa shape index (κ2) is 10.9. The van der Waals surface area contributed by atoms with Crippen LogP contribution < -0.4 is 10.6 Å². The van der Waals surface area contributed by atoms with Crippen LogP contribution in [0.15, 0.2) is 4.99 Å². The third-order valence-electron chi connectivity index (χ3n) is 4.42. The molecular weight excluding hydrogens is 395 g/mol. The maximum Gasteiger partial charge on any atom is 0.191 e. The Hall–Kier alpha value is 0.310. The summed E-state index contributed by atoms with van der Waals surface area (Å²) in [5.74, 6) is 2.86. The maximum absolute atomic E-state index is 4.32. The average molecular weight is 428 g/mol. The monoisotopic (exact) mass is 428 g/mol. The number of aliphatic imine (C=N–C) groups is 1. The number of rotatable bonds is 6. The van der Waals surface area contributed by atoms with Crippen LogP contribution in [0.5, 0.6) is 0 Å². The number of hydrogen-bond acceptors (Lipinski definition) is 3. The lowest BCUT2D eigenvalue weighted by Gasteiger charge is -2.45. The van der Waals surface area contributed by atoms with E-state index in [1.807, 2.05) is 18.8 Å². The molecule has 0 heterocycles. The van der Waals surface area contributed by atoms with Crippen LogP contribution in [0.1, 0.15) is 32.6 Å². The number of guanidine groups is 1. The van der Waals surface area contributed by atoms with E-state index in [4.69, 9.17) is 0 Å². The highest BCUT2D eigenvalue weighted by atomic mass is 127. The van der Waals surface area contributed by atoms with Gasteiger partial charge in [0.2, 0.25) is 0 Å². The van der Waals surface area contributed by atoms with Crippen molar-refractivity contribution in [3.63, 3.8) is 0 Å². The van der Waals surface area contributed by atoms with Crippen molar-refractivity contribution in [2.75, 3.05) is 46.2 Å². The quantitative estimate of drug-likeness (QED) is 0.295. The van der Waals surface area contributed by atoms with Crippen LogP contribution in [0.2, 0.25) is 0 Å². The Morgan fingerprint density at radius 3 is 2.62 bits per heavy atom. The van der Waals surface area contributed by atoms with Gasteiger partial charge in [-0.25, -0.2) is 0 Å². The molecule has 0 radical (unpaired) electrons. The Kier molecular flexibility index (Phi) is 11.1. The SMILES string of the molecule is CN=C(NCCSC)NCC1(N(C)C)CCCC(C)C1.I. The van der Waals surface area contributed by atoms with Gasteiger partial charge in [-0.15, -0.1) is 24.0 Å². The van der Waals surface area contributed by atoms with E-state index < -0.39 is 0 Å². The highest BCUT2D eigenvalue weighted by Gasteiger charge is 2.36. The van der Waals surface area contributed by atoms with Gasteiger partial charge in [-0.3, -0.25) is 4.99 Å². The van der Waals surface area contributed by atoms with Crippen LogP contribution in [0.25, 0.3) is 0 Å². The lowest BCUT2D eigenvalue weighted by molar-refractivity contribution is 0.0796. The molecule has 0 bridgehead atoms. The normalized spacial score (nSPS) is 26.4. The van der Waals surface area contributed by atoms with Gasteiger partial charge in [0.25, 0.3) is 0 Å². The van der Waals surface area contributed by atoms with E-state index in [9.17, 15) is 0 Å². The van der Waals surface area contributed by atoms with E-state index in [1.165, 1.54) is 25.7 Å². The topological polar surface area (TPSA) is 39.7 Å². The predicted molar refractivity (Wildman–Crippen MR) is 107 cm³/mol. The molecule has 0 aromatic rings. The Labute approximate surface area is 152 Å². The van der Waals surface area contributed by atoms with E-state index in [0.29, 0.717) is 0 Å². The van der Waals surface area contributed by atoms with Gasteiger partial charge in [-0.1, -0.05) is 19.8 Å². The molecule has 1 aliphatic carbocycles. The van der Waals surface area contributed by atoms with E-state index in [1.54, 1.807) is 0 Å². The molecule has 6 heteroatoms. The van der Waals surface area contributed by atoms with Crippen LogP contribution in [0.4, 0.5) is 0 Å². The molecule has 0 saturated heterocycles. The second-order valence-corrected chi connectivity index (χ2v) is 7.15. The largest absolute Gasteiger partial charge is 0.356 e. The van der Waals surface area contributed by atoms with Crippen molar-refractivity contribution < 1.29 is 0 Å². The van der Waals surface area contributed by atoms with Crippen molar-refractivity contribution in [1.29, 1.82) is 0 Å². The number of nitrogens with one attached hydrogen (secondary N) is 2. The molecule has 2 N–H and O–H groups in total. The van der Waals surface area contributed by atoms with Gasteiger partial charge >= 0.3 is 0 Å².